The highest BCUT2D eigenvalue weighted by atomic mass is 32.2. The standard InChI is InChI=1S/C21H28N2O3S/c22-19(24)18(6-7-27(26)17-4-2-1-3-5-17)23-20(25)21-11-14-8-15(12-21)10-16(9-14)13-21/h1-5,14-16,18H,6-13H2,(H2,22,24)(H,23,25)/t14?,15?,16?,18-,21?,27-/m0/s1. The summed E-state index contributed by atoms with van der Waals surface area (Å²) in [5.74, 6) is 1.76. The van der Waals surface area contributed by atoms with Crippen molar-refractivity contribution in [1.82, 2.24) is 5.32 Å². The van der Waals surface area contributed by atoms with E-state index in [1.54, 1.807) is 0 Å². The Kier molecular flexibility index (Phi) is 5.10. The maximum Gasteiger partial charge on any atom is 0.240 e. The van der Waals surface area contributed by atoms with Gasteiger partial charge in [-0.25, -0.2) is 0 Å². The van der Waals surface area contributed by atoms with Crippen molar-refractivity contribution in [2.75, 3.05) is 5.75 Å². The van der Waals surface area contributed by atoms with Crippen molar-refractivity contribution in [3.8, 4) is 0 Å². The lowest BCUT2D eigenvalue weighted by molar-refractivity contribution is -0.148. The van der Waals surface area contributed by atoms with E-state index in [-0.39, 0.29) is 11.3 Å². The summed E-state index contributed by atoms with van der Waals surface area (Å²) in [4.78, 5) is 25.8. The summed E-state index contributed by atoms with van der Waals surface area (Å²) in [5.41, 5.74) is 5.24. The van der Waals surface area contributed by atoms with E-state index in [2.05, 4.69) is 5.32 Å². The maximum atomic E-state index is 13.1. The Labute approximate surface area is 162 Å². The lowest BCUT2D eigenvalue weighted by Crippen LogP contribution is -2.57. The van der Waals surface area contributed by atoms with Crippen molar-refractivity contribution in [2.24, 2.45) is 28.9 Å². The molecule has 4 saturated carbocycles. The van der Waals surface area contributed by atoms with Crippen LogP contribution in [0.1, 0.15) is 44.9 Å². The average Bonchev–Trinajstić information content (AvgIpc) is 2.64. The van der Waals surface area contributed by atoms with Crippen molar-refractivity contribution >= 4 is 22.6 Å². The van der Waals surface area contributed by atoms with Gasteiger partial charge in [0.2, 0.25) is 11.8 Å². The quantitative estimate of drug-likeness (QED) is 0.751. The van der Waals surface area contributed by atoms with E-state index in [9.17, 15) is 13.8 Å². The molecule has 4 bridgehead atoms. The summed E-state index contributed by atoms with van der Waals surface area (Å²) in [6.45, 7) is 0. The molecule has 146 valence electrons. The van der Waals surface area contributed by atoms with E-state index in [1.165, 1.54) is 19.3 Å². The van der Waals surface area contributed by atoms with Crippen LogP contribution in [0.3, 0.4) is 0 Å². The van der Waals surface area contributed by atoms with E-state index < -0.39 is 22.7 Å². The summed E-state index contributed by atoms with van der Waals surface area (Å²) in [6.07, 6.45) is 6.95. The average molecular weight is 389 g/mol. The minimum atomic E-state index is -1.20. The number of amides is 2. The molecule has 0 unspecified atom stereocenters. The first-order valence-corrected chi connectivity index (χ1v) is 11.3. The molecule has 0 saturated heterocycles. The number of nitrogens with one attached hydrogen (secondary N) is 1. The van der Waals surface area contributed by atoms with Crippen molar-refractivity contribution in [2.45, 2.75) is 55.9 Å². The highest BCUT2D eigenvalue weighted by Crippen LogP contribution is 2.60. The molecule has 27 heavy (non-hydrogen) atoms. The van der Waals surface area contributed by atoms with Gasteiger partial charge >= 0.3 is 0 Å². The second-order valence-electron chi connectivity index (χ2n) is 8.78. The molecule has 0 spiro atoms. The molecule has 2 amide bonds. The number of hydrogen-bond donors (Lipinski definition) is 2. The fourth-order valence-corrected chi connectivity index (χ4v) is 7.05. The number of carbonyl (C=O) groups excluding carboxylic acids is 2. The van der Waals surface area contributed by atoms with Gasteiger partial charge in [0.05, 0.1) is 10.8 Å². The molecule has 2 atom stereocenters. The molecule has 1 aromatic carbocycles. The zero-order valence-electron chi connectivity index (χ0n) is 15.6. The van der Waals surface area contributed by atoms with E-state index in [4.69, 9.17) is 5.73 Å². The molecular weight excluding hydrogens is 360 g/mol. The molecule has 1 aromatic rings. The summed E-state index contributed by atoms with van der Waals surface area (Å²) in [5, 5.41) is 2.93. The summed E-state index contributed by atoms with van der Waals surface area (Å²) in [7, 11) is -1.20. The molecule has 3 N–H and O–H groups in total. The van der Waals surface area contributed by atoms with Gasteiger partial charge in [0.1, 0.15) is 6.04 Å². The van der Waals surface area contributed by atoms with Gasteiger partial charge in [0.25, 0.3) is 0 Å². The van der Waals surface area contributed by atoms with Crippen LogP contribution in [0.2, 0.25) is 0 Å². The van der Waals surface area contributed by atoms with Crippen LogP contribution in [-0.4, -0.2) is 27.8 Å². The van der Waals surface area contributed by atoms with Gasteiger partial charge in [-0.3, -0.25) is 13.8 Å². The SMILES string of the molecule is NC(=O)[C@H](CC[S@](=O)c1ccccc1)NC(=O)C12CC3CC(CC(C3)C1)C2. The third kappa shape index (κ3) is 3.82. The molecule has 4 aliphatic rings. The molecule has 4 fully saturated rings. The van der Waals surface area contributed by atoms with Gasteiger partial charge < -0.3 is 11.1 Å². The van der Waals surface area contributed by atoms with Gasteiger partial charge in [-0.1, -0.05) is 18.2 Å². The highest BCUT2D eigenvalue weighted by molar-refractivity contribution is 7.85. The van der Waals surface area contributed by atoms with E-state index >= 15 is 0 Å². The van der Waals surface area contributed by atoms with Crippen molar-refractivity contribution in [3.05, 3.63) is 30.3 Å². The summed E-state index contributed by atoms with van der Waals surface area (Å²) >= 11 is 0. The number of carbonyl (C=O) groups is 2. The van der Waals surface area contributed by atoms with Crippen LogP contribution in [0.25, 0.3) is 0 Å². The zero-order chi connectivity index (χ0) is 19.0. The Morgan fingerprint density at radius 1 is 1.07 bits per heavy atom. The third-order valence-electron chi connectivity index (χ3n) is 6.77. The topological polar surface area (TPSA) is 89.3 Å². The van der Waals surface area contributed by atoms with Crippen LogP contribution in [-0.2, 0) is 20.4 Å². The first-order chi connectivity index (χ1) is 12.9. The molecule has 0 heterocycles. The number of hydrogen-bond acceptors (Lipinski definition) is 3. The summed E-state index contributed by atoms with van der Waals surface area (Å²) in [6, 6.07) is 8.42. The van der Waals surface area contributed by atoms with Gasteiger partial charge in [-0.15, -0.1) is 0 Å². The molecule has 5 nitrogen and oxygen atoms in total. The Balaban J connectivity index is 1.39. The van der Waals surface area contributed by atoms with Crippen LogP contribution in [0.15, 0.2) is 35.2 Å². The Morgan fingerprint density at radius 3 is 2.15 bits per heavy atom. The Bertz CT molecular complexity index is 714. The van der Waals surface area contributed by atoms with Gasteiger partial charge in [0, 0.05) is 16.1 Å². The van der Waals surface area contributed by atoms with Gasteiger partial charge in [-0.2, -0.15) is 0 Å². The normalized spacial score (nSPS) is 33.4. The van der Waals surface area contributed by atoms with Crippen LogP contribution >= 0.6 is 0 Å². The first-order valence-electron chi connectivity index (χ1n) is 9.99. The molecule has 0 aromatic heterocycles. The summed E-state index contributed by atoms with van der Waals surface area (Å²) < 4.78 is 12.4. The largest absolute Gasteiger partial charge is 0.368 e. The fourth-order valence-electron chi connectivity index (χ4n) is 5.90. The fraction of sp³-hybridized carbons (Fsp3) is 0.619. The predicted molar refractivity (Wildman–Crippen MR) is 104 cm³/mol. The minimum Gasteiger partial charge on any atom is -0.368 e. The zero-order valence-corrected chi connectivity index (χ0v) is 16.4. The highest BCUT2D eigenvalue weighted by Gasteiger charge is 2.54. The van der Waals surface area contributed by atoms with Crippen LogP contribution in [0.5, 0.6) is 0 Å². The number of benzene rings is 1. The third-order valence-corrected chi connectivity index (χ3v) is 8.17. The van der Waals surface area contributed by atoms with E-state index in [0.717, 1.165) is 24.2 Å². The molecular formula is C21H28N2O3S. The second kappa shape index (κ2) is 7.38. The first kappa shape index (κ1) is 18.7. The molecule has 4 aliphatic carbocycles. The smallest absolute Gasteiger partial charge is 0.240 e. The Morgan fingerprint density at radius 2 is 1.63 bits per heavy atom. The predicted octanol–water partition coefficient (Wildman–Crippen LogP) is 2.37. The number of nitrogens with two attached hydrogens (primary N) is 1. The van der Waals surface area contributed by atoms with Gasteiger partial charge in [-0.05, 0) is 74.8 Å². The van der Waals surface area contributed by atoms with Crippen LogP contribution < -0.4 is 11.1 Å². The van der Waals surface area contributed by atoms with Crippen LogP contribution in [0, 0.1) is 23.2 Å². The second-order valence-corrected chi connectivity index (χ2v) is 10.3. The molecule has 0 radical (unpaired) electrons. The number of rotatable bonds is 7. The van der Waals surface area contributed by atoms with E-state index in [1.807, 2.05) is 30.3 Å². The molecule has 0 aliphatic heterocycles. The monoisotopic (exact) mass is 388 g/mol. The molecule has 6 heteroatoms. The molecule has 5 rings (SSSR count). The Hall–Kier alpha value is -1.69. The minimum absolute atomic E-state index is 0.00380. The van der Waals surface area contributed by atoms with Crippen molar-refractivity contribution in [1.29, 1.82) is 0 Å². The lowest BCUT2D eigenvalue weighted by Gasteiger charge is -2.55. The number of primary amides is 1. The van der Waals surface area contributed by atoms with E-state index in [0.29, 0.717) is 29.9 Å². The van der Waals surface area contributed by atoms with Crippen LogP contribution in [0.4, 0.5) is 0 Å². The lowest BCUT2D eigenvalue weighted by atomic mass is 9.49. The van der Waals surface area contributed by atoms with Gasteiger partial charge in [0.15, 0.2) is 0 Å². The maximum absolute atomic E-state index is 13.1. The van der Waals surface area contributed by atoms with Crippen molar-refractivity contribution < 1.29 is 13.8 Å². The van der Waals surface area contributed by atoms with Crippen molar-refractivity contribution in [3.63, 3.8) is 0 Å².